The fraction of sp³-hybridized carbons (Fsp3) is 0.667. The van der Waals surface area contributed by atoms with E-state index in [0.717, 1.165) is 0 Å². The van der Waals surface area contributed by atoms with Gasteiger partial charge in [0, 0.05) is 19.3 Å². The van der Waals surface area contributed by atoms with Crippen molar-refractivity contribution in [1.82, 2.24) is 5.32 Å². The van der Waals surface area contributed by atoms with Gasteiger partial charge in [0.2, 0.25) is 5.90 Å². The van der Waals surface area contributed by atoms with Crippen molar-refractivity contribution in [1.29, 1.82) is 5.41 Å². The number of nitrogens with one attached hydrogen (secondary N) is 2. The van der Waals surface area contributed by atoms with Crippen LogP contribution in [-0.4, -0.2) is 19.6 Å². The minimum absolute atomic E-state index is 0.111. The molecule has 0 aromatic carbocycles. The Balaban J connectivity index is 3.65. The first-order valence-corrected chi connectivity index (χ1v) is 4.01. The molecule has 0 unspecified atom stereocenters. The molecule has 0 aromatic rings. The Bertz CT molecular complexity index is 168. The lowest BCUT2D eigenvalue weighted by Crippen LogP contribution is -2.17. The molecule has 0 saturated carbocycles. The van der Waals surface area contributed by atoms with E-state index in [2.05, 4.69) is 26.1 Å². The Morgan fingerprint density at radius 2 is 2.08 bits per heavy atom. The van der Waals surface area contributed by atoms with Crippen LogP contribution in [0.2, 0.25) is 0 Å². The average molecular weight is 170 g/mol. The van der Waals surface area contributed by atoms with Gasteiger partial charge in [0.1, 0.15) is 0 Å². The lowest BCUT2D eigenvalue weighted by atomic mass is 9.99. The third-order valence-electron chi connectivity index (χ3n) is 1.06. The quantitative estimate of drug-likeness (QED) is 0.500. The van der Waals surface area contributed by atoms with E-state index in [4.69, 9.17) is 10.1 Å². The highest BCUT2D eigenvalue weighted by atomic mass is 16.5. The van der Waals surface area contributed by atoms with Gasteiger partial charge in [-0.3, -0.25) is 5.41 Å². The molecule has 0 bridgehead atoms. The van der Waals surface area contributed by atoms with Crippen molar-refractivity contribution in [3.05, 3.63) is 12.3 Å². The van der Waals surface area contributed by atoms with Gasteiger partial charge in [-0.15, -0.1) is 0 Å². The van der Waals surface area contributed by atoms with Gasteiger partial charge in [0.25, 0.3) is 0 Å². The predicted octanol–water partition coefficient (Wildman–Crippen LogP) is 1.76. The van der Waals surface area contributed by atoms with Crippen LogP contribution in [0.3, 0.4) is 0 Å². The molecule has 0 rings (SSSR count). The van der Waals surface area contributed by atoms with Crippen molar-refractivity contribution in [3.63, 3.8) is 0 Å². The van der Waals surface area contributed by atoms with Crippen LogP contribution in [0, 0.1) is 10.8 Å². The molecule has 0 aliphatic rings. The molecule has 70 valence electrons. The highest BCUT2D eigenvalue weighted by Gasteiger charge is 2.10. The van der Waals surface area contributed by atoms with Crippen LogP contribution in [0.5, 0.6) is 0 Å². The summed E-state index contributed by atoms with van der Waals surface area (Å²) in [5.41, 5.74) is 0.111. The average Bonchev–Trinajstić information content (AvgIpc) is 1.95. The van der Waals surface area contributed by atoms with Crippen LogP contribution in [0.25, 0.3) is 0 Å². The molecule has 0 radical (unpaired) electrons. The van der Waals surface area contributed by atoms with E-state index in [9.17, 15) is 0 Å². The van der Waals surface area contributed by atoms with Gasteiger partial charge in [-0.05, 0) is 5.41 Å². The van der Waals surface area contributed by atoms with Crippen LogP contribution in [0.4, 0.5) is 0 Å². The Hall–Kier alpha value is -0.990. The van der Waals surface area contributed by atoms with E-state index in [1.807, 2.05) is 0 Å². The second-order valence-corrected chi connectivity index (χ2v) is 3.84. The zero-order valence-corrected chi connectivity index (χ0v) is 8.27. The van der Waals surface area contributed by atoms with Crippen LogP contribution >= 0.6 is 0 Å². The highest BCUT2D eigenvalue weighted by molar-refractivity contribution is 5.84. The summed E-state index contributed by atoms with van der Waals surface area (Å²) in [4.78, 5) is 0. The fourth-order valence-electron chi connectivity index (χ4n) is 0.501. The molecule has 3 nitrogen and oxygen atoms in total. The third-order valence-corrected chi connectivity index (χ3v) is 1.06. The molecule has 0 saturated heterocycles. The second-order valence-electron chi connectivity index (χ2n) is 3.84. The number of hydrogen-bond donors (Lipinski definition) is 2. The molecule has 0 aromatic heterocycles. The van der Waals surface area contributed by atoms with Gasteiger partial charge >= 0.3 is 0 Å². The van der Waals surface area contributed by atoms with Crippen molar-refractivity contribution in [2.24, 2.45) is 5.41 Å². The van der Waals surface area contributed by atoms with E-state index < -0.39 is 0 Å². The molecule has 0 atom stereocenters. The summed E-state index contributed by atoms with van der Waals surface area (Å²) >= 11 is 0. The number of hydrogen-bond acceptors (Lipinski definition) is 3. The molecule has 0 amide bonds. The summed E-state index contributed by atoms with van der Waals surface area (Å²) in [6.45, 7) is 6.78. The molecule has 12 heavy (non-hydrogen) atoms. The van der Waals surface area contributed by atoms with Crippen molar-refractivity contribution in [3.8, 4) is 0 Å². The highest BCUT2D eigenvalue weighted by Crippen LogP contribution is 2.12. The number of ether oxygens (including phenoxy) is 1. The SMILES string of the molecule is CN/C=C\C(=N)OCC(C)(C)C. The molecule has 0 spiro atoms. The maximum atomic E-state index is 7.32. The lowest BCUT2D eigenvalue weighted by Gasteiger charge is -2.17. The molecular weight excluding hydrogens is 152 g/mol. The van der Waals surface area contributed by atoms with Crippen molar-refractivity contribution >= 4 is 5.90 Å². The molecule has 2 N–H and O–H groups in total. The summed E-state index contributed by atoms with van der Waals surface area (Å²) in [5.74, 6) is 0.194. The zero-order chi connectivity index (χ0) is 9.61. The van der Waals surface area contributed by atoms with Gasteiger partial charge in [-0.25, -0.2) is 0 Å². The maximum Gasteiger partial charge on any atom is 0.207 e. The summed E-state index contributed by atoms with van der Waals surface area (Å²) in [5, 5.41) is 10.1. The molecule has 3 heteroatoms. The Kier molecular flexibility index (Phi) is 4.40. The summed E-state index contributed by atoms with van der Waals surface area (Å²) in [7, 11) is 1.79. The van der Waals surface area contributed by atoms with Gasteiger partial charge in [0.05, 0.1) is 6.61 Å². The fourth-order valence-corrected chi connectivity index (χ4v) is 0.501. The standard InChI is InChI=1S/C9H18N2O/c1-9(2,3)7-12-8(10)5-6-11-4/h5-6,10-11H,7H2,1-4H3/b6-5-,10-8?. The Morgan fingerprint density at radius 1 is 1.50 bits per heavy atom. The van der Waals surface area contributed by atoms with Crippen LogP contribution in [-0.2, 0) is 4.74 Å². The molecule has 0 heterocycles. The van der Waals surface area contributed by atoms with E-state index in [-0.39, 0.29) is 11.3 Å². The van der Waals surface area contributed by atoms with E-state index in [0.29, 0.717) is 6.61 Å². The first-order valence-electron chi connectivity index (χ1n) is 4.01. The van der Waals surface area contributed by atoms with Crippen LogP contribution < -0.4 is 5.32 Å². The van der Waals surface area contributed by atoms with Crippen LogP contribution in [0.15, 0.2) is 12.3 Å². The summed E-state index contributed by atoms with van der Waals surface area (Å²) in [6.07, 6.45) is 3.26. The van der Waals surface area contributed by atoms with E-state index >= 15 is 0 Å². The monoisotopic (exact) mass is 170 g/mol. The topological polar surface area (TPSA) is 45.1 Å². The predicted molar refractivity (Wildman–Crippen MR) is 51.3 cm³/mol. The van der Waals surface area contributed by atoms with Crippen molar-refractivity contribution < 1.29 is 4.74 Å². The maximum absolute atomic E-state index is 7.32. The van der Waals surface area contributed by atoms with Crippen LogP contribution in [0.1, 0.15) is 20.8 Å². The van der Waals surface area contributed by atoms with E-state index in [1.165, 1.54) is 0 Å². The summed E-state index contributed by atoms with van der Waals surface area (Å²) < 4.78 is 5.16. The minimum atomic E-state index is 0.111. The molecule has 0 fully saturated rings. The van der Waals surface area contributed by atoms with Gasteiger partial charge in [-0.2, -0.15) is 0 Å². The minimum Gasteiger partial charge on any atom is -0.477 e. The summed E-state index contributed by atoms with van der Waals surface area (Å²) in [6, 6.07) is 0. The number of rotatable bonds is 3. The Labute approximate surface area is 74.3 Å². The molecule has 0 aliphatic carbocycles. The van der Waals surface area contributed by atoms with Gasteiger partial charge < -0.3 is 10.1 Å². The normalized spacial score (nSPS) is 11.7. The van der Waals surface area contributed by atoms with E-state index in [1.54, 1.807) is 19.3 Å². The first-order chi connectivity index (χ1) is 5.45. The Morgan fingerprint density at radius 3 is 2.50 bits per heavy atom. The first kappa shape index (κ1) is 11.0. The van der Waals surface area contributed by atoms with Crippen molar-refractivity contribution in [2.45, 2.75) is 20.8 Å². The van der Waals surface area contributed by atoms with Crippen molar-refractivity contribution in [2.75, 3.05) is 13.7 Å². The largest absolute Gasteiger partial charge is 0.477 e. The van der Waals surface area contributed by atoms with Gasteiger partial charge in [-0.1, -0.05) is 20.8 Å². The van der Waals surface area contributed by atoms with Gasteiger partial charge in [0.15, 0.2) is 0 Å². The lowest BCUT2D eigenvalue weighted by molar-refractivity contribution is 0.187. The second kappa shape index (κ2) is 4.80. The molecule has 0 aliphatic heterocycles. The third kappa shape index (κ3) is 7.12. The zero-order valence-electron chi connectivity index (χ0n) is 8.27. The smallest absolute Gasteiger partial charge is 0.207 e. The molecular formula is C9H18N2O.